The first-order chi connectivity index (χ1) is 11.5. The summed E-state index contributed by atoms with van der Waals surface area (Å²) in [7, 11) is 3.97. The van der Waals surface area contributed by atoms with Gasteiger partial charge in [0.1, 0.15) is 0 Å². The van der Waals surface area contributed by atoms with Crippen LogP contribution < -0.4 is 9.80 Å². The predicted molar refractivity (Wildman–Crippen MR) is 98.4 cm³/mol. The van der Waals surface area contributed by atoms with Crippen LogP contribution >= 0.6 is 0 Å². The summed E-state index contributed by atoms with van der Waals surface area (Å²) in [5.41, 5.74) is 1.97. The largest absolute Gasteiger partial charge is 0.378 e. The van der Waals surface area contributed by atoms with Gasteiger partial charge in [-0.25, -0.2) is 0 Å². The van der Waals surface area contributed by atoms with E-state index in [1.807, 2.05) is 48.2 Å². The Morgan fingerprint density at radius 3 is 2.21 bits per heavy atom. The zero-order chi connectivity index (χ0) is 17.7. The number of hydrogen-bond acceptors (Lipinski definition) is 3. The second kappa shape index (κ2) is 8.18. The summed E-state index contributed by atoms with van der Waals surface area (Å²) in [5, 5.41) is 0. The maximum Gasteiger partial charge on any atom is 0.228 e. The molecule has 1 saturated heterocycles. The molecule has 1 unspecified atom stereocenters. The van der Waals surface area contributed by atoms with E-state index in [2.05, 4.69) is 13.8 Å². The Balaban J connectivity index is 2.08. The zero-order valence-electron chi connectivity index (χ0n) is 15.3. The number of carbonyl (C=O) groups excluding carboxylic acids is 2. The summed E-state index contributed by atoms with van der Waals surface area (Å²) < 4.78 is 0. The first kappa shape index (κ1) is 18.3. The minimum atomic E-state index is -0.218. The van der Waals surface area contributed by atoms with Crippen LogP contribution in [-0.2, 0) is 9.59 Å². The second-order valence-corrected chi connectivity index (χ2v) is 6.64. The predicted octanol–water partition coefficient (Wildman–Crippen LogP) is 2.75. The van der Waals surface area contributed by atoms with Gasteiger partial charge in [-0.2, -0.15) is 0 Å². The highest BCUT2D eigenvalue weighted by Gasteiger charge is 2.36. The van der Waals surface area contributed by atoms with Gasteiger partial charge in [0.05, 0.1) is 5.92 Å². The summed E-state index contributed by atoms with van der Waals surface area (Å²) in [6.07, 6.45) is 2.21. The molecule has 24 heavy (non-hydrogen) atoms. The molecule has 1 fully saturated rings. The normalized spacial score (nSPS) is 17.2. The summed E-state index contributed by atoms with van der Waals surface area (Å²) in [6.45, 7) is 6.19. The lowest BCUT2D eigenvalue weighted by Gasteiger charge is -2.25. The van der Waals surface area contributed by atoms with Gasteiger partial charge in [0.2, 0.25) is 11.8 Å². The van der Waals surface area contributed by atoms with Gasteiger partial charge in [0, 0.05) is 51.5 Å². The highest BCUT2D eigenvalue weighted by molar-refractivity contribution is 6.00. The van der Waals surface area contributed by atoms with E-state index in [0.29, 0.717) is 13.0 Å². The third kappa shape index (κ3) is 4.08. The van der Waals surface area contributed by atoms with Crippen LogP contribution in [0.5, 0.6) is 0 Å². The number of benzene rings is 1. The highest BCUT2D eigenvalue weighted by Crippen LogP contribution is 2.28. The highest BCUT2D eigenvalue weighted by atomic mass is 16.2. The standard InChI is InChI=1S/C19H29N3O2/c1-5-11-21(12-6-2)19(24)15-13-18(23)22(14-15)17-9-7-16(8-10-17)20(3)4/h7-10,15H,5-6,11-14H2,1-4H3. The number of hydrogen-bond donors (Lipinski definition) is 0. The molecule has 0 aromatic heterocycles. The number of anilines is 2. The maximum atomic E-state index is 12.7. The van der Waals surface area contributed by atoms with Gasteiger partial charge in [0.25, 0.3) is 0 Å². The molecular weight excluding hydrogens is 302 g/mol. The van der Waals surface area contributed by atoms with Crippen LogP contribution in [0.2, 0.25) is 0 Å². The second-order valence-electron chi connectivity index (χ2n) is 6.64. The van der Waals surface area contributed by atoms with Gasteiger partial charge in [-0.05, 0) is 37.1 Å². The maximum absolute atomic E-state index is 12.7. The average molecular weight is 331 g/mol. The quantitative estimate of drug-likeness (QED) is 0.772. The van der Waals surface area contributed by atoms with Gasteiger partial charge in [0.15, 0.2) is 0 Å². The van der Waals surface area contributed by atoms with E-state index in [4.69, 9.17) is 0 Å². The van der Waals surface area contributed by atoms with Crippen molar-refractivity contribution in [3.05, 3.63) is 24.3 Å². The zero-order valence-corrected chi connectivity index (χ0v) is 15.3. The topological polar surface area (TPSA) is 43.9 Å². The van der Waals surface area contributed by atoms with Gasteiger partial charge in [-0.3, -0.25) is 9.59 Å². The molecule has 2 rings (SSSR count). The van der Waals surface area contributed by atoms with Gasteiger partial charge in [-0.1, -0.05) is 13.8 Å². The molecule has 0 N–H and O–H groups in total. The molecule has 5 heteroatoms. The third-order valence-electron chi connectivity index (χ3n) is 4.45. The van der Waals surface area contributed by atoms with E-state index in [-0.39, 0.29) is 17.7 Å². The van der Waals surface area contributed by atoms with Gasteiger partial charge < -0.3 is 14.7 Å². The molecule has 1 heterocycles. The molecule has 1 aliphatic rings. The van der Waals surface area contributed by atoms with Crippen LogP contribution in [0.1, 0.15) is 33.1 Å². The molecule has 1 aliphatic heterocycles. The fourth-order valence-electron chi connectivity index (χ4n) is 3.18. The fourth-order valence-corrected chi connectivity index (χ4v) is 3.18. The molecule has 0 aliphatic carbocycles. The van der Waals surface area contributed by atoms with Crippen molar-refractivity contribution in [2.24, 2.45) is 5.92 Å². The van der Waals surface area contributed by atoms with E-state index in [1.54, 1.807) is 4.90 Å². The molecular formula is C19H29N3O2. The van der Waals surface area contributed by atoms with Gasteiger partial charge in [-0.15, -0.1) is 0 Å². The first-order valence-corrected chi connectivity index (χ1v) is 8.84. The number of nitrogens with zero attached hydrogens (tertiary/aromatic N) is 3. The lowest BCUT2D eigenvalue weighted by Crippen LogP contribution is -2.38. The Kier molecular flexibility index (Phi) is 6.23. The van der Waals surface area contributed by atoms with Crippen LogP contribution in [0.4, 0.5) is 11.4 Å². The molecule has 2 amide bonds. The summed E-state index contributed by atoms with van der Waals surface area (Å²) in [6, 6.07) is 7.91. The summed E-state index contributed by atoms with van der Waals surface area (Å²) >= 11 is 0. The minimum Gasteiger partial charge on any atom is -0.378 e. The average Bonchev–Trinajstić information content (AvgIpc) is 2.96. The lowest BCUT2D eigenvalue weighted by atomic mass is 10.1. The van der Waals surface area contributed by atoms with Crippen molar-refractivity contribution in [2.75, 3.05) is 43.5 Å². The van der Waals surface area contributed by atoms with E-state index in [0.717, 1.165) is 37.3 Å². The number of amides is 2. The van der Waals surface area contributed by atoms with Crippen LogP contribution in [0.3, 0.4) is 0 Å². The molecule has 0 spiro atoms. The SMILES string of the molecule is CCCN(CCC)C(=O)C1CC(=O)N(c2ccc(N(C)C)cc2)C1. The molecule has 0 bridgehead atoms. The van der Waals surface area contributed by atoms with Crippen molar-refractivity contribution in [1.82, 2.24) is 4.90 Å². The van der Waals surface area contributed by atoms with E-state index in [1.165, 1.54) is 0 Å². The monoisotopic (exact) mass is 331 g/mol. The fraction of sp³-hybridized carbons (Fsp3) is 0.579. The van der Waals surface area contributed by atoms with Crippen molar-refractivity contribution in [3.63, 3.8) is 0 Å². The van der Waals surface area contributed by atoms with Crippen LogP contribution in [0, 0.1) is 5.92 Å². The van der Waals surface area contributed by atoms with E-state index < -0.39 is 0 Å². The third-order valence-corrected chi connectivity index (χ3v) is 4.45. The van der Waals surface area contributed by atoms with Crippen LogP contribution in [0.25, 0.3) is 0 Å². The first-order valence-electron chi connectivity index (χ1n) is 8.84. The van der Waals surface area contributed by atoms with E-state index in [9.17, 15) is 9.59 Å². The Bertz CT molecular complexity index is 562. The Morgan fingerprint density at radius 2 is 1.71 bits per heavy atom. The Morgan fingerprint density at radius 1 is 1.12 bits per heavy atom. The molecule has 1 aromatic rings. The van der Waals surface area contributed by atoms with Crippen molar-refractivity contribution in [3.8, 4) is 0 Å². The Hall–Kier alpha value is -2.04. The van der Waals surface area contributed by atoms with Crippen molar-refractivity contribution >= 4 is 23.2 Å². The van der Waals surface area contributed by atoms with Crippen molar-refractivity contribution < 1.29 is 9.59 Å². The minimum absolute atomic E-state index is 0.0406. The van der Waals surface area contributed by atoms with Crippen LogP contribution in [0.15, 0.2) is 24.3 Å². The molecule has 0 radical (unpaired) electrons. The number of carbonyl (C=O) groups is 2. The smallest absolute Gasteiger partial charge is 0.228 e. The molecule has 132 valence electrons. The van der Waals surface area contributed by atoms with Crippen molar-refractivity contribution in [2.45, 2.75) is 33.1 Å². The molecule has 1 atom stereocenters. The number of rotatable bonds is 7. The summed E-state index contributed by atoms with van der Waals surface area (Å²) in [5.74, 6) is -0.0533. The molecule has 0 saturated carbocycles. The molecule has 1 aromatic carbocycles. The molecule has 5 nitrogen and oxygen atoms in total. The van der Waals surface area contributed by atoms with Crippen LogP contribution in [-0.4, -0.2) is 50.4 Å². The Labute approximate surface area is 145 Å². The lowest BCUT2D eigenvalue weighted by molar-refractivity contribution is -0.135. The summed E-state index contributed by atoms with van der Waals surface area (Å²) in [4.78, 5) is 30.8. The van der Waals surface area contributed by atoms with Gasteiger partial charge >= 0.3 is 0 Å². The van der Waals surface area contributed by atoms with Crippen molar-refractivity contribution in [1.29, 1.82) is 0 Å². The van der Waals surface area contributed by atoms with E-state index >= 15 is 0 Å².